The van der Waals surface area contributed by atoms with E-state index in [-0.39, 0.29) is 12.5 Å². The van der Waals surface area contributed by atoms with Gasteiger partial charge in [0.25, 0.3) is 5.91 Å². The van der Waals surface area contributed by atoms with Crippen molar-refractivity contribution in [2.24, 2.45) is 0 Å². The fourth-order valence-electron chi connectivity index (χ4n) is 1.76. The molecule has 0 aromatic heterocycles. The van der Waals surface area contributed by atoms with Crippen LogP contribution in [0.25, 0.3) is 0 Å². The topological polar surface area (TPSA) is 59.6 Å². The third-order valence-electron chi connectivity index (χ3n) is 2.76. The predicted octanol–water partition coefficient (Wildman–Crippen LogP) is 2.10. The molecule has 0 aliphatic carbocycles. The first kappa shape index (κ1) is 17.3. The zero-order chi connectivity index (χ0) is 15.7. The van der Waals surface area contributed by atoms with Gasteiger partial charge in [0.15, 0.2) is 18.1 Å². The second-order valence-electron chi connectivity index (χ2n) is 4.99. The molecule has 118 valence electrons. The molecule has 5 nitrogen and oxygen atoms in total. The molecule has 5 heteroatoms. The highest BCUT2D eigenvalue weighted by atomic mass is 16.5. The molecule has 1 amide bonds. The van der Waals surface area contributed by atoms with Crippen LogP contribution in [0.3, 0.4) is 0 Å². The largest absolute Gasteiger partial charge is 0.490 e. The third-order valence-corrected chi connectivity index (χ3v) is 2.76. The molecule has 0 radical (unpaired) electrons. The van der Waals surface area contributed by atoms with Crippen LogP contribution in [0, 0.1) is 0 Å². The highest BCUT2D eigenvalue weighted by molar-refractivity contribution is 5.77. The Morgan fingerprint density at radius 2 is 1.95 bits per heavy atom. The number of likely N-dealkylation sites (N-methyl/N-ethyl adjacent to an activating group) is 1. The van der Waals surface area contributed by atoms with E-state index in [9.17, 15) is 4.79 Å². The number of ether oxygens (including phenoxy) is 2. The maximum absolute atomic E-state index is 11.4. The maximum atomic E-state index is 11.4. The molecule has 0 spiro atoms. The first-order valence-corrected chi connectivity index (χ1v) is 7.45. The molecule has 0 fully saturated rings. The quantitative estimate of drug-likeness (QED) is 0.732. The number of rotatable bonds is 9. The van der Waals surface area contributed by atoms with Gasteiger partial charge in [-0.15, -0.1) is 0 Å². The minimum absolute atomic E-state index is 0.00248. The lowest BCUT2D eigenvalue weighted by Gasteiger charge is -2.14. The van der Waals surface area contributed by atoms with Crippen molar-refractivity contribution in [3.63, 3.8) is 0 Å². The van der Waals surface area contributed by atoms with E-state index < -0.39 is 0 Å². The van der Waals surface area contributed by atoms with Gasteiger partial charge in [0, 0.05) is 19.1 Å². The summed E-state index contributed by atoms with van der Waals surface area (Å²) in [7, 11) is 0. The van der Waals surface area contributed by atoms with Crippen LogP contribution in [0.1, 0.15) is 33.3 Å². The summed E-state index contributed by atoms with van der Waals surface area (Å²) >= 11 is 0. The summed E-state index contributed by atoms with van der Waals surface area (Å²) < 4.78 is 11.1. The number of hydrogen-bond acceptors (Lipinski definition) is 4. The van der Waals surface area contributed by atoms with E-state index >= 15 is 0 Å². The molecular weight excluding hydrogens is 268 g/mol. The third kappa shape index (κ3) is 6.49. The highest BCUT2D eigenvalue weighted by Crippen LogP contribution is 2.28. The molecular formula is C16H26N2O3. The van der Waals surface area contributed by atoms with Crippen molar-refractivity contribution in [1.29, 1.82) is 0 Å². The monoisotopic (exact) mass is 294 g/mol. The van der Waals surface area contributed by atoms with Crippen molar-refractivity contribution in [2.45, 2.75) is 40.3 Å². The second kappa shape index (κ2) is 9.23. The van der Waals surface area contributed by atoms with Gasteiger partial charge in [-0.3, -0.25) is 4.79 Å². The molecule has 2 N–H and O–H groups in total. The van der Waals surface area contributed by atoms with Gasteiger partial charge in [-0.25, -0.2) is 0 Å². The number of nitrogens with one attached hydrogen (secondary N) is 2. The Hall–Kier alpha value is -1.75. The lowest BCUT2D eigenvalue weighted by atomic mass is 10.2. The predicted molar refractivity (Wildman–Crippen MR) is 83.8 cm³/mol. The van der Waals surface area contributed by atoms with E-state index in [0.29, 0.717) is 30.7 Å². The van der Waals surface area contributed by atoms with E-state index in [1.54, 1.807) is 0 Å². The Morgan fingerprint density at radius 3 is 2.57 bits per heavy atom. The van der Waals surface area contributed by atoms with Gasteiger partial charge in [-0.2, -0.15) is 0 Å². The second-order valence-corrected chi connectivity index (χ2v) is 4.99. The molecule has 0 saturated carbocycles. The van der Waals surface area contributed by atoms with Gasteiger partial charge in [-0.1, -0.05) is 19.9 Å². The smallest absolute Gasteiger partial charge is 0.257 e. The fraction of sp³-hybridized carbons (Fsp3) is 0.562. The summed E-state index contributed by atoms with van der Waals surface area (Å²) in [6, 6.07) is 6.20. The van der Waals surface area contributed by atoms with E-state index in [2.05, 4.69) is 24.5 Å². The number of amides is 1. The molecule has 0 bridgehead atoms. The van der Waals surface area contributed by atoms with Gasteiger partial charge in [0.1, 0.15) is 0 Å². The molecule has 0 atom stereocenters. The molecule has 21 heavy (non-hydrogen) atoms. The maximum Gasteiger partial charge on any atom is 0.257 e. The van der Waals surface area contributed by atoms with Gasteiger partial charge >= 0.3 is 0 Å². The lowest BCUT2D eigenvalue weighted by Crippen LogP contribution is -2.28. The summed E-state index contributed by atoms with van der Waals surface area (Å²) in [6.45, 7) is 9.93. The molecule has 0 heterocycles. The Labute approximate surface area is 127 Å². The van der Waals surface area contributed by atoms with Crippen molar-refractivity contribution in [1.82, 2.24) is 10.6 Å². The van der Waals surface area contributed by atoms with E-state index in [4.69, 9.17) is 9.47 Å². The summed E-state index contributed by atoms with van der Waals surface area (Å²) in [4.78, 5) is 11.4. The van der Waals surface area contributed by atoms with Crippen LogP contribution in [0.15, 0.2) is 18.2 Å². The fourth-order valence-corrected chi connectivity index (χ4v) is 1.76. The van der Waals surface area contributed by atoms with Gasteiger partial charge < -0.3 is 20.1 Å². The minimum Gasteiger partial charge on any atom is -0.490 e. The molecule has 1 rings (SSSR count). The lowest BCUT2D eigenvalue weighted by molar-refractivity contribution is -0.123. The van der Waals surface area contributed by atoms with Crippen LogP contribution in [-0.4, -0.2) is 31.7 Å². The molecule has 0 unspecified atom stereocenters. The van der Waals surface area contributed by atoms with Crippen LogP contribution < -0.4 is 20.1 Å². The SMILES string of the molecule is CCNC(=O)COc1ccc(CNC(C)C)cc1OCC. The van der Waals surface area contributed by atoms with Gasteiger partial charge in [0.05, 0.1) is 6.61 Å². The number of hydrogen-bond donors (Lipinski definition) is 2. The molecule has 0 aliphatic rings. The first-order chi connectivity index (χ1) is 10.1. The van der Waals surface area contributed by atoms with Crippen molar-refractivity contribution < 1.29 is 14.3 Å². The molecule has 0 saturated heterocycles. The van der Waals surface area contributed by atoms with Gasteiger partial charge in [-0.05, 0) is 31.5 Å². The van der Waals surface area contributed by atoms with Crippen LogP contribution in [0.5, 0.6) is 11.5 Å². The summed E-state index contributed by atoms with van der Waals surface area (Å²) in [6.07, 6.45) is 0. The summed E-state index contributed by atoms with van der Waals surface area (Å²) in [5.74, 6) is 1.13. The van der Waals surface area contributed by atoms with Crippen molar-refractivity contribution in [3.8, 4) is 11.5 Å². The standard InChI is InChI=1S/C16H26N2O3/c1-5-17-16(19)11-21-14-8-7-13(10-18-12(3)4)9-15(14)20-6-2/h7-9,12,18H,5-6,10-11H2,1-4H3,(H,17,19). The number of carbonyl (C=O) groups is 1. The molecule has 1 aromatic rings. The van der Waals surface area contributed by atoms with Crippen LogP contribution >= 0.6 is 0 Å². The summed E-state index contributed by atoms with van der Waals surface area (Å²) in [5.41, 5.74) is 1.12. The molecule has 1 aromatic carbocycles. The Morgan fingerprint density at radius 1 is 1.19 bits per heavy atom. The number of benzene rings is 1. The Balaban J connectivity index is 2.71. The van der Waals surface area contributed by atoms with Crippen LogP contribution in [-0.2, 0) is 11.3 Å². The van der Waals surface area contributed by atoms with Crippen molar-refractivity contribution in [2.75, 3.05) is 19.8 Å². The highest BCUT2D eigenvalue weighted by Gasteiger charge is 2.09. The van der Waals surface area contributed by atoms with Crippen LogP contribution in [0.2, 0.25) is 0 Å². The minimum atomic E-state index is -0.134. The summed E-state index contributed by atoms with van der Waals surface area (Å²) in [5, 5.41) is 6.05. The zero-order valence-electron chi connectivity index (χ0n) is 13.4. The Bertz CT molecular complexity index is 447. The number of carbonyl (C=O) groups excluding carboxylic acids is 1. The average Bonchev–Trinajstić information content (AvgIpc) is 2.44. The van der Waals surface area contributed by atoms with Crippen LogP contribution in [0.4, 0.5) is 0 Å². The van der Waals surface area contributed by atoms with Gasteiger partial charge in [0.2, 0.25) is 0 Å². The zero-order valence-corrected chi connectivity index (χ0v) is 13.4. The Kier molecular flexibility index (Phi) is 7.61. The van der Waals surface area contributed by atoms with E-state index in [0.717, 1.165) is 12.1 Å². The normalized spacial score (nSPS) is 10.5. The molecule has 0 aliphatic heterocycles. The van der Waals surface area contributed by atoms with Crippen molar-refractivity contribution >= 4 is 5.91 Å². The van der Waals surface area contributed by atoms with Crippen molar-refractivity contribution in [3.05, 3.63) is 23.8 Å². The first-order valence-electron chi connectivity index (χ1n) is 7.45. The average molecular weight is 294 g/mol. The van der Waals surface area contributed by atoms with E-state index in [1.165, 1.54) is 0 Å². The van der Waals surface area contributed by atoms with E-state index in [1.807, 2.05) is 32.0 Å².